The van der Waals surface area contributed by atoms with Crippen LogP contribution in [0.25, 0.3) is 22.7 Å². The predicted molar refractivity (Wildman–Crippen MR) is 121 cm³/mol. The van der Waals surface area contributed by atoms with Gasteiger partial charge in [0.2, 0.25) is 11.8 Å². The number of aryl methyl sites for hydroxylation is 1. The Morgan fingerprint density at radius 1 is 1.10 bits per heavy atom. The van der Waals surface area contributed by atoms with Crippen LogP contribution in [0.1, 0.15) is 18.9 Å². The van der Waals surface area contributed by atoms with Crippen molar-refractivity contribution in [2.45, 2.75) is 25.0 Å². The molecule has 0 aliphatic carbocycles. The number of hydrogen-bond donors (Lipinski definition) is 1. The molecule has 0 atom stereocenters. The highest BCUT2D eigenvalue weighted by Crippen LogP contribution is 2.26. The Morgan fingerprint density at radius 3 is 2.58 bits per heavy atom. The van der Waals surface area contributed by atoms with Crippen molar-refractivity contribution in [3.63, 3.8) is 0 Å². The number of rotatable bonds is 8. The molecule has 0 bridgehead atoms. The number of nitrogens with one attached hydrogen (secondary N) is 1. The first-order chi connectivity index (χ1) is 15.1. The van der Waals surface area contributed by atoms with Crippen LogP contribution in [0.4, 0.5) is 9.52 Å². The molecular formula is C22H19FN4O2S2. The second-order valence-corrected chi connectivity index (χ2v) is 8.49. The average molecular weight is 455 g/mol. The zero-order valence-electron chi connectivity index (χ0n) is 16.7. The van der Waals surface area contributed by atoms with Crippen LogP contribution in [0.2, 0.25) is 0 Å². The number of carbonyl (C=O) groups excluding carboxylic acids is 1. The quantitative estimate of drug-likeness (QED) is 0.345. The maximum Gasteiger partial charge on any atom is 0.277 e. The molecule has 2 aromatic carbocycles. The van der Waals surface area contributed by atoms with Crippen molar-refractivity contribution in [1.29, 1.82) is 0 Å². The Hall–Kier alpha value is -3.04. The van der Waals surface area contributed by atoms with E-state index in [-0.39, 0.29) is 28.6 Å². The maximum atomic E-state index is 13.0. The number of anilines is 1. The minimum atomic E-state index is -0.339. The summed E-state index contributed by atoms with van der Waals surface area (Å²) in [5.74, 6) is -0.178. The number of nitrogens with zero attached hydrogens (tertiary/aromatic N) is 3. The summed E-state index contributed by atoms with van der Waals surface area (Å²) in [5, 5.41) is 13.4. The van der Waals surface area contributed by atoms with Crippen LogP contribution in [0.3, 0.4) is 0 Å². The lowest BCUT2D eigenvalue weighted by Crippen LogP contribution is -2.13. The third-order valence-electron chi connectivity index (χ3n) is 4.36. The third kappa shape index (κ3) is 5.56. The van der Waals surface area contributed by atoms with Crippen molar-refractivity contribution in [3.05, 3.63) is 65.3 Å². The van der Waals surface area contributed by atoms with E-state index in [2.05, 4.69) is 51.7 Å². The average Bonchev–Trinajstić information content (AvgIpc) is 3.44. The van der Waals surface area contributed by atoms with Crippen LogP contribution in [-0.4, -0.2) is 26.8 Å². The first-order valence-corrected chi connectivity index (χ1v) is 11.5. The molecule has 0 fully saturated rings. The number of thioether (sulfide) groups is 1. The van der Waals surface area contributed by atoms with Gasteiger partial charge in [0.15, 0.2) is 5.13 Å². The summed E-state index contributed by atoms with van der Waals surface area (Å²) in [7, 11) is 0. The molecule has 0 aliphatic heterocycles. The molecule has 0 radical (unpaired) electrons. The zero-order chi connectivity index (χ0) is 21.6. The number of carbonyl (C=O) groups is 1. The molecule has 4 aromatic rings. The summed E-state index contributed by atoms with van der Waals surface area (Å²) in [5.41, 5.74) is 3.76. The summed E-state index contributed by atoms with van der Waals surface area (Å²) in [4.78, 5) is 16.8. The van der Waals surface area contributed by atoms with Gasteiger partial charge in [-0.05, 0) is 36.2 Å². The van der Waals surface area contributed by atoms with Crippen LogP contribution in [-0.2, 0) is 11.2 Å². The Morgan fingerprint density at radius 2 is 1.84 bits per heavy atom. The molecule has 31 heavy (non-hydrogen) atoms. The first-order valence-electron chi connectivity index (χ1n) is 9.67. The fourth-order valence-corrected chi connectivity index (χ4v) is 4.15. The van der Waals surface area contributed by atoms with E-state index in [1.165, 1.54) is 29.0 Å². The molecule has 2 aromatic heterocycles. The van der Waals surface area contributed by atoms with Gasteiger partial charge in [0, 0.05) is 16.5 Å². The predicted octanol–water partition coefficient (Wildman–Crippen LogP) is 5.68. The lowest BCUT2D eigenvalue weighted by Gasteiger charge is -2.01. The second-order valence-electron chi connectivity index (χ2n) is 6.70. The molecule has 0 saturated heterocycles. The van der Waals surface area contributed by atoms with Gasteiger partial charge in [-0.2, -0.15) is 0 Å². The highest BCUT2D eigenvalue weighted by Gasteiger charge is 2.13. The van der Waals surface area contributed by atoms with Gasteiger partial charge in [-0.15, -0.1) is 21.5 Å². The van der Waals surface area contributed by atoms with Crippen LogP contribution in [0.5, 0.6) is 0 Å². The van der Waals surface area contributed by atoms with Crippen molar-refractivity contribution in [2.24, 2.45) is 0 Å². The Balaban J connectivity index is 1.31. The van der Waals surface area contributed by atoms with E-state index < -0.39 is 0 Å². The number of thiazole rings is 1. The van der Waals surface area contributed by atoms with Gasteiger partial charge >= 0.3 is 0 Å². The fourth-order valence-electron chi connectivity index (χ4n) is 2.85. The number of hydrogen-bond acceptors (Lipinski definition) is 7. The van der Waals surface area contributed by atoms with Gasteiger partial charge in [0.25, 0.3) is 5.22 Å². The summed E-state index contributed by atoms with van der Waals surface area (Å²) in [6, 6.07) is 14.1. The van der Waals surface area contributed by atoms with E-state index in [1.54, 1.807) is 12.1 Å². The number of benzene rings is 2. The Kier molecular flexibility index (Phi) is 6.73. The van der Waals surface area contributed by atoms with Crippen molar-refractivity contribution in [1.82, 2.24) is 15.2 Å². The molecule has 0 saturated carbocycles. The molecular weight excluding hydrogens is 435 g/mol. The fraction of sp³-hybridized carbons (Fsp3) is 0.182. The Labute approximate surface area is 186 Å². The highest BCUT2D eigenvalue weighted by atomic mass is 32.2. The van der Waals surface area contributed by atoms with Crippen LogP contribution < -0.4 is 5.32 Å². The molecule has 0 aliphatic rings. The minimum Gasteiger partial charge on any atom is -0.411 e. The summed E-state index contributed by atoms with van der Waals surface area (Å²) < 4.78 is 18.5. The van der Waals surface area contributed by atoms with Crippen molar-refractivity contribution >= 4 is 34.1 Å². The molecule has 4 rings (SSSR count). The summed E-state index contributed by atoms with van der Waals surface area (Å²) in [6.45, 7) is 2.16. The smallest absolute Gasteiger partial charge is 0.277 e. The molecule has 9 heteroatoms. The van der Waals surface area contributed by atoms with Gasteiger partial charge in [0.05, 0.1) is 11.4 Å². The van der Waals surface area contributed by atoms with Gasteiger partial charge in [0.1, 0.15) is 5.82 Å². The molecule has 0 unspecified atom stereocenters. The van der Waals surface area contributed by atoms with Crippen LogP contribution in [0.15, 0.2) is 63.6 Å². The number of amides is 1. The van der Waals surface area contributed by atoms with Crippen molar-refractivity contribution in [2.75, 3.05) is 11.1 Å². The summed E-state index contributed by atoms with van der Waals surface area (Å²) >= 11 is 2.50. The number of halogens is 1. The molecule has 1 N–H and O–H groups in total. The summed E-state index contributed by atoms with van der Waals surface area (Å²) in [6.07, 6.45) is 2.17. The Bertz CT molecular complexity index is 1160. The van der Waals surface area contributed by atoms with E-state index in [4.69, 9.17) is 4.42 Å². The molecule has 6 nitrogen and oxygen atoms in total. The highest BCUT2D eigenvalue weighted by molar-refractivity contribution is 7.99. The van der Waals surface area contributed by atoms with Gasteiger partial charge in [-0.3, -0.25) is 4.79 Å². The second kappa shape index (κ2) is 9.84. The van der Waals surface area contributed by atoms with Crippen LogP contribution in [0, 0.1) is 5.82 Å². The van der Waals surface area contributed by atoms with Crippen LogP contribution >= 0.6 is 23.1 Å². The first kappa shape index (κ1) is 21.2. The zero-order valence-corrected chi connectivity index (χ0v) is 18.3. The standard InChI is InChI=1S/C22H19FN4O2S2/c1-2-3-14-4-6-15(7-5-14)18-12-30-21(24-18)25-19(28)13-31-22-27-26-20(29-22)16-8-10-17(23)11-9-16/h4-12H,2-3,13H2,1H3,(H,24,25,28). The van der Waals surface area contributed by atoms with E-state index in [0.717, 1.165) is 35.9 Å². The largest absolute Gasteiger partial charge is 0.411 e. The normalized spacial score (nSPS) is 10.9. The van der Waals surface area contributed by atoms with Gasteiger partial charge in [-0.1, -0.05) is 49.4 Å². The van der Waals surface area contributed by atoms with Crippen molar-refractivity contribution in [3.8, 4) is 22.7 Å². The maximum absolute atomic E-state index is 13.0. The van der Waals surface area contributed by atoms with E-state index in [0.29, 0.717) is 10.7 Å². The molecule has 158 valence electrons. The van der Waals surface area contributed by atoms with E-state index in [1.807, 2.05) is 5.38 Å². The topological polar surface area (TPSA) is 80.9 Å². The minimum absolute atomic E-state index is 0.103. The lowest BCUT2D eigenvalue weighted by molar-refractivity contribution is -0.113. The lowest BCUT2D eigenvalue weighted by atomic mass is 10.1. The molecule has 0 spiro atoms. The van der Waals surface area contributed by atoms with E-state index >= 15 is 0 Å². The molecule has 2 heterocycles. The van der Waals surface area contributed by atoms with Crippen molar-refractivity contribution < 1.29 is 13.6 Å². The third-order valence-corrected chi connectivity index (χ3v) is 5.94. The molecule has 1 amide bonds. The number of aromatic nitrogens is 3. The SMILES string of the molecule is CCCc1ccc(-c2csc(NC(=O)CSc3nnc(-c4ccc(F)cc4)o3)n2)cc1. The monoisotopic (exact) mass is 454 g/mol. The van der Waals surface area contributed by atoms with Gasteiger partial charge < -0.3 is 9.73 Å². The van der Waals surface area contributed by atoms with E-state index in [9.17, 15) is 9.18 Å². The van der Waals surface area contributed by atoms with Gasteiger partial charge in [-0.25, -0.2) is 9.37 Å².